The Morgan fingerprint density at radius 1 is 1.32 bits per heavy atom. The van der Waals surface area contributed by atoms with Crippen molar-refractivity contribution in [1.29, 1.82) is 0 Å². The van der Waals surface area contributed by atoms with Gasteiger partial charge in [0.15, 0.2) is 11.5 Å². The molecule has 0 spiro atoms. The Morgan fingerprint density at radius 3 is 2.27 bits per heavy atom. The summed E-state index contributed by atoms with van der Waals surface area (Å²) < 4.78 is 10.4. The molecule has 0 heterocycles. The van der Waals surface area contributed by atoms with Crippen molar-refractivity contribution in [3.63, 3.8) is 0 Å². The van der Waals surface area contributed by atoms with Crippen molar-refractivity contribution < 1.29 is 24.3 Å². The highest BCUT2D eigenvalue weighted by Gasteiger charge is 2.31. The maximum atomic E-state index is 11.4. The molecule has 0 radical (unpaired) electrons. The van der Waals surface area contributed by atoms with E-state index in [9.17, 15) is 20.0 Å². The lowest BCUT2D eigenvalue weighted by molar-refractivity contribution is -0.385. The summed E-state index contributed by atoms with van der Waals surface area (Å²) in [4.78, 5) is 22.1. The van der Waals surface area contributed by atoms with Gasteiger partial charge in [0.25, 0.3) is 5.69 Å². The van der Waals surface area contributed by atoms with Gasteiger partial charge in [0, 0.05) is 14.1 Å². The largest absolute Gasteiger partial charge is 0.493 e. The molecule has 0 saturated heterocycles. The van der Waals surface area contributed by atoms with Crippen LogP contribution in [-0.2, 0) is 6.42 Å². The van der Waals surface area contributed by atoms with Crippen LogP contribution in [0.2, 0.25) is 25.7 Å². The number of hydrogen-bond donors (Lipinski definition) is 1. The zero-order chi connectivity index (χ0) is 17.1. The van der Waals surface area contributed by atoms with Gasteiger partial charge in [-0.3, -0.25) is 10.1 Å². The highest BCUT2D eigenvalue weighted by molar-refractivity contribution is 6.76. The van der Waals surface area contributed by atoms with Crippen molar-refractivity contribution in [3.8, 4) is 11.5 Å². The normalized spacial score (nSPS) is 11.1. The molecule has 8 heteroatoms. The fourth-order valence-corrected chi connectivity index (χ4v) is 3.16. The van der Waals surface area contributed by atoms with E-state index in [4.69, 9.17) is 9.47 Å². The van der Waals surface area contributed by atoms with Crippen LogP contribution in [-0.4, -0.2) is 38.3 Å². The molecule has 0 atom stereocenters. The second kappa shape index (κ2) is 6.78. The van der Waals surface area contributed by atoms with E-state index in [0.29, 0.717) is 6.42 Å². The molecule has 22 heavy (non-hydrogen) atoms. The van der Waals surface area contributed by atoms with E-state index >= 15 is 0 Å². The average Bonchev–Trinajstić information content (AvgIpc) is 2.41. The highest BCUT2D eigenvalue weighted by atomic mass is 28.3. The van der Waals surface area contributed by atoms with Crippen LogP contribution in [0.4, 0.5) is 5.69 Å². The van der Waals surface area contributed by atoms with Crippen LogP contribution in [0.25, 0.3) is 0 Å². The number of nitro benzene ring substituents is 1. The zero-order valence-electron chi connectivity index (χ0n) is 13.4. The lowest BCUT2D eigenvalue weighted by Crippen LogP contribution is -2.20. The standard InChI is InChI=1S/C14H21NO6Si/c1-20-11-8-10(14(16)17)12(15(18)19)9(13(11)21-2)6-7-22(3,4)5/h8H,6-7H2,1-5H3,(H,16,17). The van der Waals surface area contributed by atoms with Gasteiger partial charge >= 0.3 is 5.97 Å². The van der Waals surface area contributed by atoms with E-state index in [1.807, 2.05) is 0 Å². The topological polar surface area (TPSA) is 98.9 Å². The number of benzene rings is 1. The third kappa shape index (κ3) is 3.97. The second-order valence-corrected chi connectivity index (χ2v) is 11.7. The molecule has 0 aliphatic rings. The van der Waals surface area contributed by atoms with Gasteiger partial charge in [-0.25, -0.2) is 4.79 Å². The molecular formula is C14H21NO6Si. The smallest absolute Gasteiger partial charge is 0.342 e. The van der Waals surface area contributed by atoms with Gasteiger partial charge in [-0.05, 0) is 6.42 Å². The predicted molar refractivity (Wildman–Crippen MR) is 85.0 cm³/mol. The molecule has 0 aliphatic heterocycles. The minimum atomic E-state index is -1.47. The minimum absolute atomic E-state index is 0.191. The second-order valence-electron chi connectivity index (χ2n) is 6.11. The number of aromatic carboxylic acids is 1. The summed E-state index contributed by atoms with van der Waals surface area (Å²) in [7, 11) is 1.29. The number of carboxylic acid groups (broad SMARTS) is 1. The molecule has 0 aliphatic carbocycles. The molecule has 122 valence electrons. The predicted octanol–water partition coefficient (Wildman–Crippen LogP) is 3.19. The Morgan fingerprint density at radius 2 is 1.91 bits per heavy atom. The maximum Gasteiger partial charge on any atom is 0.342 e. The summed E-state index contributed by atoms with van der Waals surface area (Å²) in [6.45, 7) is 6.43. The molecule has 1 aromatic carbocycles. The summed E-state index contributed by atoms with van der Waals surface area (Å²) >= 11 is 0. The van der Waals surface area contributed by atoms with E-state index < -0.39 is 24.7 Å². The van der Waals surface area contributed by atoms with Gasteiger partial charge < -0.3 is 14.6 Å². The first-order chi connectivity index (χ1) is 10.1. The first kappa shape index (κ1) is 18.0. The highest BCUT2D eigenvalue weighted by Crippen LogP contribution is 2.41. The number of ether oxygens (including phenoxy) is 2. The molecular weight excluding hydrogens is 306 g/mol. The van der Waals surface area contributed by atoms with Crippen LogP contribution in [0.5, 0.6) is 11.5 Å². The van der Waals surface area contributed by atoms with Crippen LogP contribution in [0.15, 0.2) is 6.07 Å². The third-order valence-electron chi connectivity index (χ3n) is 3.28. The van der Waals surface area contributed by atoms with Gasteiger partial charge in [-0.1, -0.05) is 25.7 Å². The summed E-state index contributed by atoms with van der Waals surface area (Å²) in [5.74, 6) is -0.935. The monoisotopic (exact) mass is 327 g/mol. The van der Waals surface area contributed by atoms with Gasteiger partial charge in [0.2, 0.25) is 0 Å². The van der Waals surface area contributed by atoms with Crippen LogP contribution in [0.3, 0.4) is 0 Å². The van der Waals surface area contributed by atoms with Gasteiger partial charge in [0.05, 0.1) is 24.7 Å². The zero-order valence-corrected chi connectivity index (χ0v) is 14.4. The van der Waals surface area contributed by atoms with Crippen molar-refractivity contribution in [2.45, 2.75) is 32.1 Å². The number of carbonyl (C=O) groups is 1. The Hall–Kier alpha value is -2.09. The summed E-state index contributed by atoms with van der Waals surface area (Å²) in [5.41, 5.74) is -0.511. The molecule has 1 aromatic rings. The SMILES string of the molecule is COc1cc(C(=O)O)c([N+](=O)[O-])c(CC[Si](C)(C)C)c1OC. The first-order valence-corrected chi connectivity index (χ1v) is 10.5. The summed E-state index contributed by atoms with van der Waals surface area (Å²) in [5, 5.41) is 20.7. The number of hydrogen-bond acceptors (Lipinski definition) is 5. The molecule has 0 saturated carbocycles. The van der Waals surface area contributed by atoms with Crippen molar-refractivity contribution in [3.05, 3.63) is 27.3 Å². The lowest BCUT2D eigenvalue weighted by Gasteiger charge is -2.18. The molecule has 1 N–H and O–H groups in total. The van der Waals surface area contributed by atoms with Crippen molar-refractivity contribution >= 4 is 19.7 Å². The Balaban J connectivity index is 3.61. The Kier molecular flexibility index (Phi) is 5.53. The Labute approximate surface area is 130 Å². The van der Waals surface area contributed by atoms with E-state index in [-0.39, 0.29) is 22.6 Å². The molecule has 0 fully saturated rings. The van der Waals surface area contributed by atoms with Crippen molar-refractivity contribution in [2.24, 2.45) is 0 Å². The number of carboxylic acids is 1. The fourth-order valence-electron chi connectivity index (χ4n) is 2.16. The van der Waals surface area contributed by atoms with E-state index in [1.54, 1.807) is 0 Å². The molecule has 0 aromatic heterocycles. The maximum absolute atomic E-state index is 11.4. The molecule has 0 bridgehead atoms. The van der Waals surface area contributed by atoms with Gasteiger partial charge in [0.1, 0.15) is 5.56 Å². The summed E-state index contributed by atoms with van der Waals surface area (Å²) in [6, 6.07) is 1.91. The quantitative estimate of drug-likeness (QED) is 0.469. The lowest BCUT2D eigenvalue weighted by atomic mass is 10.0. The van der Waals surface area contributed by atoms with Crippen LogP contribution >= 0.6 is 0 Å². The minimum Gasteiger partial charge on any atom is -0.493 e. The number of methoxy groups -OCH3 is 2. The molecule has 0 amide bonds. The molecule has 0 unspecified atom stereocenters. The number of nitro groups is 1. The van der Waals surface area contributed by atoms with E-state index in [1.165, 1.54) is 14.2 Å². The Bertz CT molecular complexity index is 594. The van der Waals surface area contributed by atoms with E-state index in [0.717, 1.165) is 12.1 Å². The molecule has 7 nitrogen and oxygen atoms in total. The van der Waals surface area contributed by atoms with Crippen molar-refractivity contribution in [2.75, 3.05) is 14.2 Å². The number of rotatable bonds is 7. The molecule has 1 rings (SSSR count). The van der Waals surface area contributed by atoms with Crippen LogP contribution in [0, 0.1) is 10.1 Å². The fraction of sp³-hybridized carbons (Fsp3) is 0.500. The van der Waals surface area contributed by atoms with Gasteiger partial charge in [-0.15, -0.1) is 0 Å². The van der Waals surface area contributed by atoms with Gasteiger partial charge in [-0.2, -0.15) is 0 Å². The first-order valence-electron chi connectivity index (χ1n) is 6.78. The summed E-state index contributed by atoms with van der Waals surface area (Å²) in [6.07, 6.45) is 0.382. The van der Waals surface area contributed by atoms with E-state index in [2.05, 4.69) is 19.6 Å². The van der Waals surface area contributed by atoms with Crippen LogP contribution < -0.4 is 9.47 Å². The van der Waals surface area contributed by atoms with Crippen LogP contribution in [0.1, 0.15) is 15.9 Å². The van der Waals surface area contributed by atoms with Crippen molar-refractivity contribution in [1.82, 2.24) is 0 Å². The third-order valence-corrected chi connectivity index (χ3v) is 5.03. The number of nitrogens with zero attached hydrogens (tertiary/aromatic N) is 1. The average molecular weight is 327 g/mol.